The summed E-state index contributed by atoms with van der Waals surface area (Å²) in [5.41, 5.74) is 4.53. The zero-order chi connectivity index (χ0) is 18.4. The van der Waals surface area contributed by atoms with Crippen LogP contribution in [0.1, 0.15) is 25.0 Å². The van der Waals surface area contributed by atoms with Crippen LogP contribution in [0.25, 0.3) is 0 Å². The fourth-order valence-electron chi connectivity index (χ4n) is 2.89. The van der Waals surface area contributed by atoms with Gasteiger partial charge in [0.15, 0.2) is 0 Å². The van der Waals surface area contributed by atoms with Crippen LogP contribution in [0.3, 0.4) is 0 Å². The van der Waals surface area contributed by atoms with Crippen LogP contribution >= 0.6 is 0 Å². The van der Waals surface area contributed by atoms with E-state index < -0.39 is 0 Å². The highest BCUT2D eigenvalue weighted by molar-refractivity contribution is 5.67. The summed E-state index contributed by atoms with van der Waals surface area (Å²) >= 11 is 0. The van der Waals surface area contributed by atoms with Gasteiger partial charge in [0.2, 0.25) is 5.95 Å². The van der Waals surface area contributed by atoms with Gasteiger partial charge in [0.25, 0.3) is 0 Å². The lowest BCUT2D eigenvalue weighted by Gasteiger charge is -2.15. The molecule has 26 heavy (non-hydrogen) atoms. The van der Waals surface area contributed by atoms with Crippen LogP contribution < -0.4 is 15.4 Å². The Balaban J connectivity index is 1.87. The van der Waals surface area contributed by atoms with Crippen LogP contribution in [0.2, 0.25) is 0 Å². The van der Waals surface area contributed by atoms with Crippen LogP contribution in [-0.2, 0) is 12.8 Å². The molecule has 5 nitrogen and oxygen atoms in total. The molecule has 0 unspecified atom stereocenters. The van der Waals surface area contributed by atoms with Gasteiger partial charge in [0.05, 0.1) is 12.8 Å². The van der Waals surface area contributed by atoms with E-state index in [-0.39, 0.29) is 0 Å². The average molecular weight is 348 g/mol. The number of aromatic nitrogens is 2. The van der Waals surface area contributed by atoms with Gasteiger partial charge in [-0.2, -0.15) is 4.98 Å². The first-order chi connectivity index (χ1) is 12.7. The van der Waals surface area contributed by atoms with Gasteiger partial charge >= 0.3 is 0 Å². The van der Waals surface area contributed by atoms with Crippen molar-refractivity contribution in [3.8, 4) is 5.75 Å². The van der Waals surface area contributed by atoms with Crippen molar-refractivity contribution in [2.75, 3.05) is 17.7 Å². The Bertz CT molecular complexity index is 857. The van der Waals surface area contributed by atoms with Crippen LogP contribution in [0.5, 0.6) is 5.75 Å². The van der Waals surface area contributed by atoms with Crippen molar-refractivity contribution in [1.82, 2.24) is 9.97 Å². The van der Waals surface area contributed by atoms with E-state index in [0.717, 1.165) is 35.8 Å². The molecular weight excluding hydrogens is 324 g/mol. The summed E-state index contributed by atoms with van der Waals surface area (Å²) in [6.07, 6.45) is 3.68. The number of hydrogen-bond donors (Lipinski definition) is 2. The van der Waals surface area contributed by atoms with E-state index >= 15 is 0 Å². The number of ether oxygens (including phenoxy) is 1. The minimum atomic E-state index is 0.520. The predicted molar refractivity (Wildman–Crippen MR) is 107 cm³/mol. The number of para-hydroxylation sites is 3. The van der Waals surface area contributed by atoms with Crippen LogP contribution in [0, 0.1) is 0 Å². The maximum atomic E-state index is 5.37. The molecule has 5 heteroatoms. The molecule has 0 fully saturated rings. The smallest absolute Gasteiger partial charge is 0.229 e. The van der Waals surface area contributed by atoms with E-state index in [1.807, 2.05) is 30.3 Å². The highest BCUT2D eigenvalue weighted by Crippen LogP contribution is 2.28. The minimum absolute atomic E-state index is 0.520. The Labute approximate surface area is 154 Å². The van der Waals surface area contributed by atoms with Crippen molar-refractivity contribution >= 4 is 23.1 Å². The van der Waals surface area contributed by atoms with Gasteiger partial charge < -0.3 is 15.4 Å². The van der Waals surface area contributed by atoms with E-state index in [1.165, 1.54) is 11.1 Å². The highest BCUT2D eigenvalue weighted by atomic mass is 16.5. The first-order valence-corrected chi connectivity index (χ1v) is 8.86. The lowest BCUT2D eigenvalue weighted by Crippen LogP contribution is -2.04. The van der Waals surface area contributed by atoms with Crippen molar-refractivity contribution < 1.29 is 4.74 Å². The van der Waals surface area contributed by atoms with Crippen molar-refractivity contribution in [1.29, 1.82) is 0 Å². The number of hydrogen-bond acceptors (Lipinski definition) is 5. The largest absolute Gasteiger partial charge is 0.495 e. The first kappa shape index (κ1) is 17.7. The van der Waals surface area contributed by atoms with E-state index in [2.05, 4.69) is 52.6 Å². The van der Waals surface area contributed by atoms with E-state index in [9.17, 15) is 0 Å². The van der Waals surface area contributed by atoms with Gasteiger partial charge in [-0.3, -0.25) is 0 Å². The number of aryl methyl sites for hydroxylation is 2. The summed E-state index contributed by atoms with van der Waals surface area (Å²) in [5, 5.41) is 6.69. The van der Waals surface area contributed by atoms with Crippen molar-refractivity contribution in [2.45, 2.75) is 26.7 Å². The monoisotopic (exact) mass is 348 g/mol. The first-order valence-electron chi connectivity index (χ1n) is 8.86. The van der Waals surface area contributed by atoms with Gasteiger partial charge in [0, 0.05) is 11.9 Å². The molecule has 3 rings (SSSR count). The summed E-state index contributed by atoms with van der Waals surface area (Å²) in [5.74, 6) is 2.03. The summed E-state index contributed by atoms with van der Waals surface area (Å²) < 4.78 is 5.37. The molecule has 2 N–H and O–H groups in total. The average Bonchev–Trinajstić information content (AvgIpc) is 2.69. The number of anilines is 4. The summed E-state index contributed by atoms with van der Waals surface area (Å²) in [6, 6.07) is 16.0. The molecule has 0 aliphatic carbocycles. The Morgan fingerprint density at radius 1 is 0.885 bits per heavy atom. The number of rotatable bonds is 7. The third-order valence-corrected chi connectivity index (χ3v) is 4.26. The summed E-state index contributed by atoms with van der Waals surface area (Å²) in [7, 11) is 1.65. The fraction of sp³-hybridized carbons (Fsp3) is 0.238. The third-order valence-electron chi connectivity index (χ3n) is 4.26. The van der Waals surface area contributed by atoms with Crippen LogP contribution in [-0.4, -0.2) is 17.1 Å². The maximum absolute atomic E-state index is 5.37. The molecule has 0 saturated carbocycles. The van der Waals surface area contributed by atoms with Crippen molar-refractivity contribution in [3.63, 3.8) is 0 Å². The van der Waals surface area contributed by atoms with Gasteiger partial charge in [-0.1, -0.05) is 44.2 Å². The Kier molecular flexibility index (Phi) is 5.69. The van der Waals surface area contributed by atoms with Gasteiger partial charge in [-0.25, -0.2) is 4.98 Å². The number of nitrogens with zero attached hydrogens (tertiary/aromatic N) is 2. The third kappa shape index (κ3) is 3.94. The predicted octanol–water partition coefficient (Wildman–Crippen LogP) is 5.10. The second kappa shape index (κ2) is 8.34. The normalized spacial score (nSPS) is 10.4. The van der Waals surface area contributed by atoms with Crippen molar-refractivity contribution in [3.05, 3.63) is 65.9 Å². The SMILES string of the molecule is CCc1cccc(CC)c1Nc1ccnc(Nc2ccccc2OC)n1. The zero-order valence-electron chi connectivity index (χ0n) is 15.4. The Morgan fingerprint density at radius 3 is 2.31 bits per heavy atom. The number of nitrogens with one attached hydrogen (secondary N) is 2. The standard InChI is InChI=1S/C21H24N4O/c1-4-15-9-8-10-16(5-2)20(15)24-19-13-14-22-21(25-19)23-17-11-6-7-12-18(17)26-3/h6-14H,4-5H2,1-3H3,(H2,22,23,24,25). The summed E-state index contributed by atoms with van der Waals surface area (Å²) in [4.78, 5) is 8.92. The molecular formula is C21H24N4O. The molecule has 134 valence electrons. The molecule has 1 aromatic heterocycles. The van der Waals surface area contributed by atoms with Crippen molar-refractivity contribution in [2.24, 2.45) is 0 Å². The molecule has 0 atom stereocenters. The molecule has 0 aliphatic heterocycles. The van der Waals surface area contributed by atoms with Crippen LogP contribution in [0.15, 0.2) is 54.7 Å². The fourth-order valence-corrected chi connectivity index (χ4v) is 2.89. The minimum Gasteiger partial charge on any atom is -0.495 e. The maximum Gasteiger partial charge on any atom is 0.229 e. The molecule has 0 bridgehead atoms. The molecule has 0 aliphatic rings. The molecule has 3 aromatic rings. The molecule has 2 aromatic carbocycles. The molecule has 0 saturated heterocycles. The molecule has 0 spiro atoms. The lowest BCUT2D eigenvalue weighted by molar-refractivity contribution is 0.417. The summed E-state index contributed by atoms with van der Waals surface area (Å²) in [6.45, 7) is 4.32. The highest BCUT2D eigenvalue weighted by Gasteiger charge is 2.09. The second-order valence-corrected chi connectivity index (χ2v) is 5.87. The Morgan fingerprint density at radius 2 is 1.62 bits per heavy atom. The van der Waals surface area contributed by atoms with Gasteiger partial charge in [-0.05, 0) is 42.2 Å². The zero-order valence-corrected chi connectivity index (χ0v) is 15.4. The molecule has 0 amide bonds. The Hall–Kier alpha value is -3.08. The molecule has 1 heterocycles. The van der Waals surface area contributed by atoms with Crippen LogP contribution in [0.4, 0.5) is 23.1 Å². The van der Waals surface area contributed by atoms with E-state index in [0.29, 0.717) is 5.95 Å². The molecule has 0 radical (unpaired) electrons. The number of methoxy groups -OCH3 is 1. The lowest BCUT2D eigenvalue weighted by atomic mass is 10.0. The van der Waals surface area contributed by atoms with Gasteiger partial charge in [0.1, 0.15) is 11.6 Å². The number of benzene rings is 2. The van der Waals surface area contributed by atoms with E-state index in [1.54, 1.807) is 13.3 Å². The van der Waals surface area contributed by atoms with E-state index in [4.69, 9.17) is 4.74 Å². The topological polar surface area (TPSA) is 59.1 Å². The van der Waals surface area contributed by atoms with Gasteiger partial charge in [-0.15, -0.1) is 0 Å². The quantitative estimate of drug-likeness (QED) is 0.622. The second-order valence-electron chi connectivity index (χ2n) is 5.87.